The van der Waals surface area contributed by atoms with Crippen LogP contribution in [-0.2, 0) is 9.59 Å². The van der Waals surface area contributed by atoms with Crippen LogP contribution in [0.2, 0.25) is 0 Å². The summed E-state index contributed by atoms with van der Waals surface area (Å²) in [6.07, 6.45) is 0.174. The Morgan fingerprint density at radius 3 is 2.74 bits per heavy atom. The van der Waals surface area contributed by atoms with Gasteiger partial charge in [-0.1, -0.05) is 32.0 Å². The van der Waals surface area contributed by atoms with E-state index in [2.05, 4.69) is 15.3 Å². The first-order chi connectivity index (χ1) is 14.9. The van der Waals surface area contributed by atoms with Gasteiger partial charge in [0.15, 0.2) is 0 Å². The van der Waals surface area contributed by atoms with E-state index in [9.17, 15) is 9.59 Å². The van der Waals surface area contributed by atoms with E-state index in [1.165, 1.54) is 0 Å². The monoisotopic (exact) mass is 420 g/mol. The second-order valence-corrected chi connectivity index (χ2v) is 8.45. The molecule has 2 unspecified atom stereocenters. The minimum absolute atomic E-state index is 0.0751. The molecule has 7 nitrogen and oxygen atoms in total. The largest absolute Gasteiger partial charge is 0.495 e. The molecule has 7 heteroatoms. The fourth-order valence-electron chi connectivity index (χ4n) is 4.07. The van der Waals surface area contributed by atoms with E-state index in [0.29, 0.717) is 18.0 Å². The molecule has 3 aromatic rings. The van der Waals surface area contributed by atoms with Crippen molar-refractivity contribution >= 4 is 28.5 Å². The Kier molecular flexibility index (Phi) is 5.67. The van der Waals surface area contributed by atoms with Gasteiger partial charge in [-0.05, 0) is 42.7 Å². The second kappa shape index (κ2) is 8.41. The minimum Gasteiger partial charge on any atom is -0.495 e. The van der Waals surface area contributed by atoms with Crippen LogP contribution in [0.5, 0.6) is 5.75 Å². The van der Waals surface area contributed by atoms with Crippen LogP contribution in [0.15, 0.2) is 42.5 Å². The number of aromatic amines is 1. The number of hydrogen-bond donors (Lipinski definition) is 2. The van der Waals surface area contributed by atoms with Crippen LogP contribution in [0.3, 0.4) is 0 Å². The molecule has 31 heavy (non-hydrogen) atoms. The lowest BCUT2D eigenvalue weighted by molar-refractivity contribution is -0.127. The topological polar surface area (TPSA) is 87.3 Å². The number of imidazole rings is 1. The van der Waals surface area contributed by atoms with Gasteiger partial charge < -0.3 is 19.9 Å². The van der Waals surface area contributed by atoms with Crippen LogP contribution in [0.1, 0.15) is 37.7 Å². The molecule has 2 aromatic carbocycles. The van der Waals surface area contributed by atoms with Gasteiger partial charge in [-0.3, -0.25) is 9.59 Å². The number of carbonyl (C=O) groups is 2. The number of fused-ring (bicyclic) bond motifs is 1. The molecule has 1 aliphatic heterocycles. The zero-order chi connectivity index (χ0) is 22.1. The summed E-state index contributed by atoms with van der Waals surface area (Å²) in [6.45, 7) is 6.38. The third kappa shape index (κ3) is 4.13. The number of amides is 2. The molecule has 0 spiro atoms. The molecule has 0 saturated carbocycles. The molecule has 162 valence electrons. The molecular weight excluding hydrogens is 392 g/mol. The van der Waals surface area contributed by atoms with Crippen molar-refractivity contribution in [2.45, 2.75) is 33.2 Å². The number of nitrogens with zero attached hydrogens (tertiary/aromatic N) is 2. The average molecular weight is 421 g/mol. The van der Waals surface area contributed by atoms with E-state index >= 15 is 0 Å². The summed E-state index contributed by atoms with van der Waals surface area (Å²) in [4.78, 5) is 35.5. The van der Waals surface area contributed by atoms with Gasteiger partial charge in [-0.15, -0.1) is 0 Å². The number of hydrogen-bond acceptors (Lipinski definition) is 4. The van der Waals surface area contributed by atoms with Gasteiger partial charge in [0.2, 0.25) is 11.8 Å². The second-order valence-electron chi connectivity index (χ2n) is 8.45. The third-order valence-electron chi connectivity index (χ3n) is 5.79. The number of aryl methyl sites for hydroxylation is 1. The molecule has 2 heterocycles. The van der Waals surface area contributed by atoms with Crippen LogP contribution >= 0.6 is 0 Å². The van der Waals surface area contributed by atoms with E-state index in [4.69, 9.17) is 4.74 Å². The van der Waals surface area contributed by atoms with Gasteiger partial charge in [0, 0.05) is 13.0 Å². The molecule has 0 aliphatic carbocycles. The standard InChI is InChI=1S/C24H28N4O3/c1-14(2)22(23-25-17-7-5-6-8-18(17)26-23)27-24(30)16-12-21(29)28(13-16)19-11-15(3)9-10-20(19)31-4/h5-11,14,16,22H,12-13H2,1-4H3,(H,25,26)(H,27,30). The van der Waals surface area contributed by atoms with Crippen LogP contribution in [0.4, 0.5) is 5.69 Å². The Morgan fingerprint density at radius 1 is 1.26 bits per heavy atom. The summed E-state index contributed by atoms with van der Waals surface area (Å²) in [5.41, 5.74) is 3.54. The highest BCUT2D eigenvalue weighted by atomic mass is 16.5. The van der Waals surface area contributed by atoms with Crippen molar-refractivity contribution in [1.29, 1.82) is 0 Å². The van der Waals surface area contributed by atoms with Gasteiger partial charge in [0.1, 0.15) is 11.6 Å². The minimum atomic E-state index is -0.427. The highest BCUT2D eigenvalue weighted by Gasteiger charge is 2.37. The highest BCUT2D eigenvalue weighted by molar-refractivity contribution is 6.01. The first-order valence-corrected chi connectivity index (χ1v) is 10.6. The number of carbonyl (C=O) groups excluding carboxylic acids is 2. The molecule has 0 bridgehead atoms. The van der Waals surface area contributed by atoms with Crippen molar-refractivity contribution in [2.24, 2.45) is 11.8 Å². The lowest BCUT2D eigenvalue weighted by Gasteiger charge is -2.23. The number of aromatic nitrogens is 2. The lowest BCUT2D eigenvalue weighted by Crippen LogP contribution is -2.38. The van der Waals surface area contributed by atoms with E-state index in [1.54, 1.807) is 12.0 Å². The molecule has 2 amide bonds. The fraction of sp³-hybridized carbons (Fsp3) is 0.375. The van der Waals surface area contributed by atoms with E-state index < -0.39 is 5.92 Å². The quantitative estimate of drug-likeness (QED) is 0.636. The van der Waals surface area contributed by atoms with Crippen molar-refractivity contribution in [3.63, 3.8) is 0 Å². The van der Waals surface area contributed by atoms with Gasteiger partial charge in [-0.25, -0.2) is 4.98 Å². The maximum Gasteiger partial charge on any atom is 0.227 e. The number of rotatable bonds is 6. The number of H-pyrrole nitrogens is 1. The molecular formula is C24H28N4O3. The van der Waals surface area contributed by atoms with Crippen molar-refractivity contribution in [1.82, 2.24) is 15.3 Å². The van der Waals surface area contributed by atoms with Gasteiger partial charge in [-0.2, -0.15) is 0 Å². The molecule has 2 N–H and O–H groups in total. The Hall–Kier alpha value is -3.35. The number of nitrogens with one attached hydrogen (secondary N) is 2. The zero-order valence-electron chi connectivity index (χ0n) is 18.3. The summed E-state index contributed by atoms with van der Waals surface area (Å²) in [5, 5.41) is 3.13. The lowest BCUT2D eigenvalue weighted by atomic mass is 10.0. The predicted molar refractivity (Wildman–Crippen MR) is 120 cm³/mol. The average Bonchev–Trinajstić information content (AvgIpc) is 3.35. The van der Waals surface area contributed by atoms with Gasteiger partial charge >= 0.3 is 0 Å². The van der Waals surface area contributed by atoms with Crippen LogP contribution < -0.4 is 15.0 Å². The van der Waals surface area contributed by atoms with E-state index in [-0.39, 0.29) is 30.2 Å². The molecule has 2 atom stereocenters. The normalized spacial score (nSPS) is 17.4. The van der Waals surface area contributed by atoms with Crippen molar-refractivity contribution in [2.75, 3.05) is 18.6 Å². The number of ether oxygens (including phenoxy) is 1. The molecule has 0 radical (unpaired) electrons. The third-order valence-corrected chi connectivity index (χ3v) is 5.79. The molecule has 1 fully saturated rings. The Bertz CT molecular complexity index is 1090. The summed E-state index contributed by atoms with van der Waals surface area (Å²) >= 11 is 0. The summed E-state index contributed by atoms with van der Waals surface area (Å²) in [5.74, 6) is 0.849. The Morgan fingerprint density at radius 2 is 2.03 bits per heavy atom. The molecule has 4 rings (SSSR count). The van der Waals surface area contributed by atoms with Gasteiger partial charge in [0.25, 0.3) is 0 Å². The smallest absolute Gasteiger partial charge is 0.227 e. The number of anilines is 1. The van der Waals surface area contributed by atoms with E-state index in [0.717, 1.165) is 22.4 Å². The summed E-state index contributed by atoms with van der Waals surface area (Å²) < 4.78 is 5.43. The summed E-state index contributed by atoms with van der Waals surface area (Å²) in [7, 11) is 1.58. The van der Waals surface area contributed by atoms with Crippen LogP contribution in [0.25, 0.3) is 11.0 Å². The SMILES string of the molecule is COc1ccc(C)cc1N1CC(C(=O)NC(c2nc3ccccc3[nH]2)C(C)C)CC1=O. The maximum atomic E-state index is 13.1. The van der Waals surface area contributed by atoms with Crippen molar-refractivity contribution < 1.29 is 14.3 Å². The number of para-hydroxylation sites is 2. The zero-order valence-corrected chi connectivity index (χ0v) is 18.3. The fourth-order valence-corrected chi connectivity index (χ4v) is 4.07. The Labute approximate surface area is 181 Å². The Balaban J connectivity index is 1.52. The van der Waals surface area contributed by atoms with Crippen LogP contribution in [-0.4, -0.2) is 35.4 Å². The molecule has 1 saturated heterocycles. The maximum absolute atomic E-state index is 13.1. The summed E-state index contributed by atoms with van der Waals surface area (Å²) in [6, 6.07) is 13.2. The number of methoxy groups -OCH3 is 1. The molecule has 1 aromatic heterocycles. The van der Waals surface area contributed by atoms with Crippen molar-refractivity contribution in [3.05, 3.63) is 53.9 Å². The van der Waals surface area contributed by atoms with E-state index in [1.807, 2.05) is 63.2 Å². The predicted octanol–water partition coefficient (Wildman–Crippen LogP) is 3.75. The highest BCUT2D eigenvalue weighted by Crippen LogP contribution is 2.34. The first kappa shape index (κ1) is 20.9. The van der Waals surface area contributed by atoms with Crippen LogP contribution in [0, 0.1) is 18.8 Å². The molecule has 1 aliphatic rings. The van der Waals surface area contributed by atoms with Crippen molar-refractivity contribution in [3.8, 4) is 5.75 Å². The van der Waals surface area contributed by atoms with Gasteiger partial charge in [0.05, 0.1) is 35.8 Å². The number of benzene rings is 2. The first-order valence-electron chi connectivity index (χ1n) is 10.6.